The van der Waals surface area contributed by atoms with E-state index in [1.165, 1.54) is 76.4 Å². The van der Waals surface area contributed by atoms with E-state index in [0.717, 1.165) is 12.1 Å². The van der Waals surface area contributed by atoms with Crippen LogP contribution in [0, 0.1) is 0 Å². The van der Waals surface area contributed by atoms with Gasteiger partial charge in [0.15, 0.2) is 0 Å². The van der Waals surface area contributed by atoms with Crippen molar-refractivity contribution < 1.29 is 0 Å². The molecule has 0 saturated heterocycles. The van der Waals surface area contributed by atoms with Gasteiger partial charge in [0.1, 0.15) is 0 Å². The number of anilines is 1. The van der Waals surface area contributed by atoms with Crippen LogP contribution in [0.4, 0.5) is 5.69 Å². The van der Waals surface area contributed by atoms with E-state index in [2.05, 4.69) is 55.5 Å². The molecule has 0 fully saturated rings. The lowest BCUT2D eigenvalue weighted by atomic mass is 9.89. The van der Waals surface area contributed by atoms with Gasteiger partial charge in [0.25, 0.3) is 0 Å². The number of unbranched alkanes of at least 4 members (excludes halogenated alkanes) is 5. The topological polar surface area (TPSA) is 26.0 Å². The largest absolute Gasteiger partial charge is 0.398 e. The predicted molar refractivity (Wildman–Crippen MR) is 112 cm³/mol. The molecule has 0 unspecified atom stereocenters. The average molecular weight is 329 g/mol. The molecule has 0 radical (unpaired) electrons. The van der Waals surface area contributed by atoms with Gasteiger partial charge in [0.05, 0.1) is 0 Å². The van der Waals surface area contributed by atoms with Gasteiger partial charge >= 0.3 is 0 Å². The quantitative estimate of drug-likeness (QED) is 0.219. The summed E-state index contributed by atoms with van der Waals surface area (Å²) in [6.45, 7) is 2.28. The van der Waals surface area contributed by atoms with Crippen LogP contribution in [0.15, 0.2) is 48.5 Å². The summed E-state index contributed by atoms with van der Waals surface area (Å²) in [5.74, 6) is 0. The maximum Gasteiger partial charge on any atom is 0.0394 e. The van der Waals surface area contributed by atoms with Crippen LogP contribution in [-0.2, 0) is 6.42 Å². The fourth-order valence-corrected chi connectivity index (χ4v) is 4.23. The number of hydrogen-bond donors (Lipinski definition) is 1. The molecule has 0 aliphatic carbocycles. The summed E-state index contributed by atoms with van der Waals surface area (Å²) in [7, 11) is 0. The van der Waals surface area contributed by atoms with Gasteiger partial charge in [-0.3, -0.25) is 0 Å². The molecule has 1 nitrogen and oxygen atoms in total. The van der Waals surface area contributed by atoms with Crippen LogP contribution >= 0.6 is 0 Å². The highest BCUT2D eigenvalue weighted by Gasteiger charge is 2.12. The fraction of sp³-hybridized carbons (Fsp3) is 0.333. The Morgan fingerprint density at radius 2 is 1.48 bits per heavy atom. The van der Waals surface area contributed by atoms with Crippen LogP contribution < -0.4 is 5.73 Å². The molecule has 0 spiro atoms. The first kappa shape index (κ1) is 16.2. The van der Waals surface area contributed by atoms with E-state index in [-0.39, 0.29) is 0 Å². The number of rotatable bonds is 7. The number of aryl methyl sites for hydroxylation is 1. The number of hydrogen-bond acceptors (Lipinski definition) is 1. The van der Waals surface area contributed by atoms with Crippen molar-refractivity contribution in [2.75, 3.05) is 5.73 Å². The normalized spacial score (nSPS) is 11.9. The van der Waals surface area contributed by atoms with E-state index in [1.54, 1.807) is 0 Å². The molecule has 25 heavy (non-hydrogen) atoms. The zero-order valence-electron chi connectivity index (χ0n) is 15.1. The van der Waals surface area contributed by atoms with E-state index in [9.17, 15) is 0 Å². The van der Waals surface area contributed by atoms with Gasteiger partial charge in [-0.15, -0.1) is 0 Å². The van der Waals surface area contributed by atoms with Crippen molar-refractivity contribution in [3.63, 3.8) is 0 Å². The molecule has 0 saturated carbocycles. The Bertz CT molecular complexity index is 999. The molecule has 4 aromatic carbocycles. The molecule has 0 aliphatic rings. The van der Waals surface area contributed by atoms with Crippen molar-refractivity contribution in [3.05, 3.63) is 54.1 Å². The fourth-order valence-electron chi connectivity index (χ4n) is 4.23. The molecular formula is C24H27N. The number of benzene rings is 4. The van der Waals surface area contributed by atoms with E-state index in [1.807, 2.05) is 0 Å². The third kappa shape index (κ3) is 2.93. The summed E-state index contributed by atoms with van der Waals surface area (Å²) in [4.78, 5) is 0. The molecule has 0 bridgehead atoms. The second kappa shape index (κ2) is 6.92. The second-order valence-electron chi connectivity index (χ2n) is 7.32. The van der Waals surface area contributed by atoms with Crippen molar-refractivity contribution in [1.82, 2.24) is 0 Å². The number of nitrogens with two attached hydrogens (primary N) is 1. The Morgan fingerprint density at radius 3 is 2.36 bits per heavy atom. The molecule has 0 aliphatic heterocycles. The summed E-state index contributed by atoms with van der Waals surface area (Å²) in [5, 5.41) is 7.98. The highest BCUT2D eigenvalue weighted by Crippen LogP contribution is 2.39. The summed E-state index contributed by atoms with van der Waals surface area (Å²) in [6.07, 6.45) is 9.21. The summed E-state index contributed by atoms with van der Waals surface area (Å²) < 4.78 is 0. The molecule has 128 valence electrons. The van der Waals surface area contributed by atoms with Crippen molar-refractivity contribution in [2.45, 2.75) is 51.9 Å². The van der Waals surface area contributed by atoms with Crippen molar-refractivity contribution in [3.8, 4) is 0 Å². The van der Waals surface area contributed by atoms with E-state index < -0.39 is 0 Å². The lowest BCUT2D eigenvalue weighted by Crippen LogP contribution is -1.94. The average Bonchev–Trinajstić information content (AvgIpc) is 2.64. The van der Waals surface area contributed by atoms with Crippen LogP contribution in [-0.4, -0.2) is 0 Å². The highest BCUT2D eigenvalue weighted by molar-refractivity contribution is 6.25. The Labute approximate surface area is 150 Å². The van der Waals surface area contributed by atoms with Gasteiger partial charge in [0.2, 0.25) is 0 Å². The monoisotopic (exact) mass is 329 g/mol. The van der Waals surface area contributed by atoms with Gasteiger partial charge in [-0.2, -0.15) is 0 Å². The lowest BCUT2D eigenvalue weighted by molar-refractivity contribution is 0.608. The number of nitrogen functional groups attached to an aromatic ring is 1. The second-order valence-corrected chi connectivity index (χ2v) is 7.32. The smallest absolute Gasteiger partial charge is 0.0394 e. The minimum absolute atomic E-state index is 0.885. The molecular weight excluding hydrogens is 302 g/mol. The summed E-state index contributed by atoms with van der Waals surface area (Å²) >= 11 is 0. The van der Waals surface area contributed by atoms with Gasteiger partial charge in [0, 0.05) is 11.1 Å². The molecule has 0 heterocycles. The zero-order chi connectivity index (χ0) is 17.2. The molecule has 0 atom stereocenters. The Morgan fingerprint density at radius 1 is 0.720 bits per heavy atom. The standard InChI is InChI=1S/C24H27N/c1-2-3-4-5-6-7-9-18-16-19-11-8-10-17-12-13-21-22(25)15-14-20(18)24(21)23(17)19/h8,10-16H,2-7,9,25H2,1H3. The van der Waals surface area contributed by atoms with E-state index in [0.29, 0.717) is 0 Å². The summed E-state index contributed by atoms with van der Waals surface area (Å²) in [5.41, 5.74) is 8.65. The first-order chi connectivity index (χ1) is 12.3. The maximum atomic E-state index is 6.28. The van der Waals surface area contributed by atoms with Gasteiger partial charge < -0.3 is 5.73 Å². The third-order valence-corrected chi connectivity index (χ3v) is 5.56. The Hall–Kier alpha value is -2.28. The third-order valence-electron chi connectivity index (χ3n) is 5.56. The van der Waals surface area contributed by atoms with E-state index in [4.69, 9.17) is 5.73 Å². The van der Waals surface area contributed by atoms with Gasteiger partial charge in [-0.05, 0) is 51.4 Å². The first-order valence-corrected chi connectivity index (χ1v) is 9.74. The molecule has 0 aromatic heterocycles. The summed E-state index contributed by atoms with van der Waals surface area (Å²) in [6, 6.07) is 17.7. The van der Waals surface area contributed by atoms with Crippen molar-refractivity contribution in [2.24, 2.45) is 0 Å². The molecule has 2 N–H and O–H groups in total. The Kier molecular flexibility index (Phi) is 4.48. The minimum atomic E-state index is 0.885. The van der Waals surface area contributed by atoms with Crippen LogP contribution in [0.1, 0.15) is 51.0 Å². The maximum absolute atomic E-state index is 6.28. The predicted octanol–water partition coefficient (Wildman–Crippen LogP) is 7.07. The molecule has 4 aromatic rings. The van der Waals surface area contributed by atoms with Crippen molar-refractivity contribution >= 4 is 38.0 Å². The first-order valence-electron chi connectivity index (χ1n) is 9.74. The SMILES string of the molecule is CCCCCCCCc1cc2cccc3ccc4c(N)ccc1c4c32. The minimum Gasteiger partial charge on any atom is -0.398 e. The van der Waals surface area contributed by atoms with Gasteiger partial charge in [-0.25, -0.2) is 0 Å². The van der Waals surface area contributed by atoms with Crippen LogP contribution in [0.5, 0.6) is 0 Å². The zero-order valence-corrected chi connectivity index (χ0v) is 15.1. The van der Waals surface area contributed by atoms with Crippen LogP contribution in [0.25, 0.3) is 32.3 Å². The molecule has 4 rings (SSSR count). The van der Waals surface area contributed by atoms with Crippen molar-refractivity contribution in [1.29, 1.82) is 0 Å². The molecule has 0 amide bonds. The molecule has 1 heteroatoms. The van der Waals surface area contributed by atoms with Gasteiger partial charge in [-0.1, -0.05) is 81.5 Å². The van der Waals surface area contributed by atoms with E-state index >= 15 is 0 Å². The lowest BCUT2D eigenvalue weighted by Gasteiger charge is -2.16. The highest BCUT2D eigenvalue weighted by atomic mass is 14.5. The van der Waals surface area contributed by atoms with Crippen LogP contribution in [0.3, 0.4) is 0 Å². The Balaban J connectivity index is 1.74. The van der Waals surface area contributed by atoms with Crippen LogP contribution in [0.2, 0.25) is 0 Å².